The SMILES string of the molecule is O=C(O)C=CC(=O)Nc1cccc(C(=O)C2=C(O)C(=O)N(c3cccc(Cl)c3)C23C(=O)Nc2cc(Cl)ccc23)c1. The molecule has 12 heteroatoms. The number of Topliss-reactive ketones (excluding diaryl/α,β-unsaturated/α-hetero) is 1. The number of ketones is 1. The molecule has 3 amide bonds. The van der Waals surface area contributed by atoms with Crippen molar-refractivity contribution in [2.75, 3.05) is 15.5 Å². The van der Waals surface area contributed by atoms with Crippen LogP contribution in [-0.4, -0.2) is 39.7 Å². The number of carboxylic acids is 1. The fourth-order valence-electron chi connectivity index (χ4n) is 4.80. The van der Waals surface area contributed by atoms with Gasteiger partial charge >= 0.3 is 5.97 Å². The number of hydrogen-bond donors (Lipinski definition) is 4. The van der Waals surface area contributed by atoms with Crippen LogP contribution in [0.15, 0.2) is 90.2 Å². The van der Waals surface area contributed by atoms with Crippen molar-refractivity contribution in [3.05, 3.63) is 111 Å². The van der Waals surface area contributed by atoms with Crippen LogP contribution in [0.1, 0.15) is 15.9 Å². The fourth-order valence-corrected chi connectivity index (χ4v) is 5.16. The first-order valence-electron chi connectivity index (χ1n) is 11.6. The summed E-state index contributed by atoms with van der Waals surface area (Å²) in [5.74, 6) is -5.69. The smallest absolute Gasteiger partial charge is 0.328 e. The van der Waals surface area contributed by atoms with Crippen LogP contribution < -0.4 is 15.5 Å². The predicted molar refractivity (Wildman–Crippen MR) is 147 cm³/mol. The number of carbonyl (C=O) groups is 5. The number of benzene rings is 3. The maximum absolute atomic E-state index is 14.0. The van der Waals surface area contributed by atoms with Crippen molar-refractivity contribution in [2.45, 2.75) is 5.54 Å². The van der Waals surface area contributed by atoms with Gasteiger partial charge in [-0.15, -0.1) is 0 Å². The van der Waals surface area contributed by atoms with Crippen molar-refractivity contribution in [3.63, 3.8) is 0 Å². The second kappa shape index (κ2) is 9.99. The summed E-state index contributed by atoms with van der Waals surface area (Å²) in [5.41, 5.74) is -1.99. The van der Waals surface area contributed by atoms with Gasteiger partial charge in [-0.2, -0.15) is 0 Å². The van der Waals surface area contributed by atoms with Crippen LogP contribution >= 0.6 is 23.2 Å². The molecule has 200 valence electrons. The molecule has 1 atom stereocenters. The summed E-state index contributed by atoms with van der Waals surface area (Å²) in [5, 5.41) is 25.5. The normalized spacial score (nSPS) is 17.9. The number of aliphatic hydroxyl groups excluding tert-OH is 1. The Morgan fingerprint density at radius 3 is 2.38 bits per heavy atom. The number of carbonyl (C=O) groups excluding carboxylic acids is 4. The quantitative estimate of drug-likeness (QED) is 0.249. The molecule has 40 heavy (non-hydrogen) atoms. The Labute approximate surface area is 236 Å². The van der Waals surface area contributed by atoms with Crippen molar-refractivity contribution in [1.82, 2.24) is 0 Å². The summed E-state index contributed by atoms with van der Waals surface area (Å²) in [6, 6.07) is 16.0. The summed E-state index contributed by atoms with van der Waals surface area (Å²) >= 11 is 12.3. The van der Waals surface area contributed by atoms with Crippen molar-refractivity contribution >= 4 is 69.7 Å². The van der Waals surface area contributed by atoms with E-state index in [4.69, 9.17) is 28.3 Å². The van der Waals surface area contributed by atoms with E-state index in [-0.39, 0.29) is 38.2 Å². The van der Waals surface area contributed by atoms with E-state index in [1.165, 1.54) is 54.6 Å². The molecule has 0 aliphatic carbocycles. The van der Waals surface area contributed by atoms with E-state index in [0.29, 0.717) is 6.08 Å². The zero-order valence-electron chi connectivity index (χ0n) is 20.1. The van der Waals surface area contributed by atoms with Crippen LogP contribution in [0.3, 0.4) is 0 Å². The Balaban J connectivity index is 1.66. The second-order valence-corrected chi connectivity index (χ2v) is 9.64. The molecular weight excluding hydrogens is 561 g/mol. The minimum Gasteiger partial charge on any atom is -0.503 e. The molecule has 0 radical (unpaired) electrons. The third kappa shape index (κ3) is 4.29. The molecule has 1 unspecified atom stereocenters. The molecule has 2 heterocycles. The summed E-state index contributed by atoms with van der Waals surface area (Å²) in [4.78, 5) is 65.2. The third-order valence-electron chi connectivity index (χ3n) is 6.35. The summed E-state index contributed by atoms with van der Waals surface area (Å²) in [7, 11) is 0. The number of halogens is 2. The maximum Gasteiger partial charge on any atom is 0.328 e. The van der Waals surface area contributed by atoms with Crippen LogP contribution in [0.5, 0.6) is 0 Å². The molecule has 3 aromatic rings. The van der Waals surface area contributed by atoms with Crippen molar-refractivity contribution in [1.29, 1.82) is 0 Å². The summed E-state index contributed by atoms with van der Waals surface area (Å²) in [6.07, 6.45) is 1.44. The van der Waals surface area contributed by atoms with E-state index in [1.54, 1.807) is 12.1 Å². The fraction of sp³-hybridized carbons (Fsp3) is 0.0357. The summed E-state index contributed by atoms with van der Waals surface area (Å²) < 4.78 is 0. The van der Waals surface area contributed by atoms with E-state index < -0.39 is 46.3 Å². The van der Waals surface area contributed by atoms with E-state index >= 15 is 0 Å². The number of fused-ring (bicyclic) bond motifs is 2. The number of anilines is 3. The van der Waals surface area contributed by atoms with Gasteiger partial charge in [0.05, 0.1) is 5.57 Å². The molecular formula is C28H17Cl2N3O7. The van der Waals surface area contributed by atoms with Crippen LogP contribution in [0, 0.1) is 0 Å². The molecule has 0 bridgehead atoms. The number of nitrogens with one attached hydrogen (secondary N) is 2. The van der Waals surface area contributed by atoms with E-state index in [2.05, 4.69) is 10.6 Å². The number of amides is 3. The van der Waals surface area contributed by atoms with Gasteiger partial charge in [0.1, 0.15) is 0 Å². The molecule has 10 nitrogen and oxygen atoms in total. The molecule has 5 rings (SSSR count). The largest absolute Gasteiger partial charge is 0.503 e. The molecule has 0 aromatic heterocycles. The molecule has 0 fully saturated rings. The van der Waals surface area contributed by atoms with Gasteiger partial charge in [0.25, 0.3) is 11.8 Å². The molecule has 2 aliphatic heterocycles. The average Bonchev–Trinajstić information content (AvgIpc) is 3.31. The molecule has 0 saturated heterocycles. The maximum atomic E-state index is 14.0. The van der Waals surface area contributed by atoms with Gasteiger partial charge < -0.3 is 20.8 Å². The topological polar surface area (TPSA) is 153 Å². The highest BCUT2D eigenvalue weighted by Crippen LogP contribution is 2.53. The Morgan fingerprint density at radius 1 is 0.925 bits per heavy atom. The van der Waals surface area contributed by atoms with Gasteiger partial charge in [-0.1, -0.05) is 47.5 Å². The Morgan fingerprint density at radius 2 is 1.65 bits per heavy atom. The molecule has 3 aromatic carbocycles. The molecule has 4 N–H and O–H groups in total. The minimum atomic E-state index is -2.12. The highest BCUT2D eigenvalue weighted by atomic mass is 35.5. The van der Waals surface area contributed by atoms with E-state index in [1.807, 2.05) is 0 Å². The van der Waals surface area contributed by atoms with Gasteiger partial charge in [-0.3, -0.25) is 24.1 Å². The van der Waals surface area contributed by atoms with Crippen molar-refractivity contribution < 1.29 is 34.2 Å². The summed E-state index contributed by atoms with van der Waals surface area (Å²) in [6.45, 7) is 0. The number of aliphatic carboxylic acids is 1. The molecule has 1 spiro atoms. The lowest BCUT2D eigenvalue weighted by Crippen LogP contribution is -2.52. The van der Waals surface area contributed by atoms with Gasteiger partial charge in [-0.25, -0.2) is 4.79 Å². The van der Waals surface area contributed by atoms with Crippen LogP contribution in [-0.2, 0) is 24.7 Å². The first kappa shape index (κ1) is 26.7. The Hall–Kier alpha value is -4.93. The number of nitrogens with zero attached hydrogens (tertiary/aromatic N) is 1. The van der Waals surface area contributed by atoms with Gasteiger partial charge in [0, 0.05) is 50.4 Å². The molecule has 2 aliphatic rings. The standard InChI is InChI=1S/C28H17Cl2N3O7/c29-15-4-2-6-18(12-15)33-26(39)25(38)23(28(33)19-8-7-16(30)13-20(19)32-27(28)40)24(37)14-3-1-5-17(11-14)31-21(34)9-10-22(35)36/h1-13,38H,(H,31,34)(H,32,40)(H,35,36). The molecule has 0 saturated carbocycles. The first-order chi connectivity index (χ1) is 19.0. The Kier molecular flexibility index (Phi) is 6.66. The number of hydrogen-bond acceptors (Lipinski definition) is 6. The minimum absolute atomic E-state index is 0.0723. The van der Waals surface area contributed by atoms with Crippen LogP contribution in [0.25, 0.3) is 0 Å². The lowest BCUT2D eigenvalue weighted by atomic mass is 9.80. The second-order valence-electron chi connectivity index (χ2n) is 8.77. The van der Waals surface area contributed by atoms with Crippen LogP contribution in [0.2, 0.25) is 10.0 Å². The van der Waals surface area contributed by atoms with Gasteiger partial charge in [0.2, 0.25) is 5.91 Å². The number of aliphatic hydroxyl groups is 1. The van der Waals surface area contributed by atoms with Crippen molar-refractivity contribution in [2.24, 2.45) is 0 Å². The highest BCUT2D eigenvalue weighted by molar-refractivity contribution is 6.34. The zero-order valence-corrected chi connectivity index (χ0v) is 21.7. The Bertz CT molecular complexity index is 1720. The van der Waals surface area contributed by atoms with Crippen molar-refractivity contribution in [3.8, 4) is 0 Å². The zero-order chi connectivity index (χ0) is 28.8. The van der Waals surface area contributed by atoms with Gasteiger partial charge in [0.15, 0.2) is 17.1 Å². The number of rotatable bonds is 6. The monoisotopic (exact) mass is 577 g/mol. The van der Waals surface area contributed by atoms with Gasteiger partial charge in [-0.05, 0) is 42.5 Å². The first-order valence-corrected chi connectivity index (χ1v) is 12.3. The third-order valence-corrected chi connectivity index (χ3v) is 6.82. The van der Waals surface area contributed by atoms with E-state index in [0.717, 1.165) is 11.0 Å². The van der Waals surface area contributed by atoms with Crippen LogP contribution in [0.4, 0.5) is 17.1 Å². The highest BCUT2D eigenvalue weighted by Gasteiger charge is 2.64. The average molecular weight is 578 g/mol. The number of carboxylic acid groups (broad SMARTS) is 1. The lowest BCUT2D eigenvalue weighted by Gasteiger charge is -2.35. The van der Waals surface area contributed by atoms with E-state index in [9.17, 15) is 29.1 Å². The predicted octanol–water partition coefficient (Wildman–Crippen LogP) is 4.46. The lowest BCUT2D eigenvalue weighted by molar-refractivity contribution is -0.131.